The zero-order valence-electron chi connectivity index (χ0n) is 20.3. The van der Waals surface area contributed by atoms with Crippen molar-refractivity contribution in [2.75, 3.05) is 44.6 Å². The van der Waals surface area contributed by atoms with Gasteiger partial charge in [-0.25, -0.2) is 4.79 Å². The van der Waals surface area contributed by atoms with Crippen molar-refractivity contribution in [3.05, 3.63) is 69.2 Å². The molecule has 1 aliphatic heterocycles. The molecule has 1 heterocycles. The van der Waals surface area contributed by atoms with E-state index in [0.29, 0.717) is 33.8 Å². The van der Waals surface area contributed by atoms with Gasteiger partial charge >= 0.3 is 6.03 Å². The summed E-state index contributed by atoms with van der Waals surface area (Å²) in [4.78, 5) is 28.9. The van der Waals surface area contributed by atoms with Crippen LogP contribution < -0.4 is 10.6 Å². The lowest BCUT2D eigenvalue weighted by Gasteiger charge is -2.22. The lowest BCUT2D eigenvalue weighted by molar-refractivity contribution is -0.116. The molecule has 0 unspecified atom stereocenters. The molecule has 0 saturated carbocycles. The van der Waals surface area contributed by atoms with E-state index in [2.05, 4.69) is 15.5 Å². The number of benzene rings is 2. The third kappa shape index (κ3) is 10.0. The second-order valence-electron chi connectivity index (χ2n) is 8.83. The molecule has 0 bridgehead atoms. The Balaban J connectivity index is 1.24. The van der Waals surface area contributed by atoms with Crippen molar-refractivity contribution in [1.82, 2.24) is 15.1 Å². The van der Waals surface area contributed by atoms with Crippen LogP contribution in [0.5, 0.6) is 0 Å². The van der Waals surface area contributed by atoms with Crippen molar-refractivity contribution in [1.29, 1.82) is 0 Å². The predicted molar refractivity (Wildman–Crippen MR) is 150 cm³/mol. The Hall–Kier alpha value is -2.25. The average Bonchev–Trinajstić information content (AvgIpc) is 3.10. The largest absolute Gasteiger partial charge is 0.353 e. The highest BCUT2D eigenvalue weighted by Crippen LogP contribution is 2.23. The van der Waals surface area contributed by atoms with Crippen molar-refractivity contribution in [2.45, 2.75) is 32.1 Å². The van der Waals surface area contributed by atoms with Gasteiger partial charge < -0.3 is 20.4 Å². The minimum absolute atomic E-state index is 0.0760. The molecular formula is C27H33Cl3N4O2. The van der Waals surface area contributed by atoms with Gasteiger partial charge in [0.1, 0.15) is 0 Å². The second kappa shape index (κ2) is 15.1. The summed E-state index contributed by atoms with van der Waals surface area (Å²) >= 11 is 17.9. The highest BCUT2D eigenvalue weighted by atomic mass is 35.5. The summed E-state index contributed by atoms with van der Waals surface area (Å²) in [5.41, 5.74) is 1.55. The molecule has 2 aromatic carbocycles. The SMILES string of the molecule is O=C(/C=C/c1ccc(Cl)c(Cl)c1)NCCCCCCN1CCCN(C(=O)Nc2cccc(Cl)c2)CC1. The van der Waals surface area contributed by atoms with E-state index in [-0.39, 0.29) is 11.9 Å². The van der Waals surface area contributed by atoms with Crippen molar-refractivity contribution >= 4 is 58.5 Å². The maximum Gasteiger partial charge on any atom is 0.321 e. The third-order valence-electron chi connectivity index (χ3n) is 6.02. The van der Waals surface area contributed by atoms with E-state index < -0.39 is 0 Å². The first-order valence-electron chi connectivity index (χ1n) is 12.4. The van der Waals surface area contributed by atoms with Crippen LogP contribution in [0.25, 0.3) is 6.08 Å². The summed E-state index contributed by atoms with van der Waals surface area (Å²) in [5.74, 6) is -0.116. The van der Waals surface area contributed by atoms with Gasteiger partial charge in [0, 0.05) is 43.0 Å². The first-order valence-corrected chi connectivity index (χ1v) is 13.5. The molecule has 1 fully saturated rings. The quantitative estimate of drug-likeness (QED) is 0.259. The number of nitrogens with zero attached hydrogens (tertiary/aromatic N) is 2. The van der Waals surface area contributed by atoms with Crippen LogP contribution in [0.1, 0.15) is 37.7 Å². The minimum atomic E-state index is -0.116. The molecule has 36 heavy (non-hydrogen) atoms. The highest BCUT2D eigenvalue weighted by molar-refractivity contribution is 6.42. The number of carbonyl (C=O) groups excluding carboxylic acids is 2. The summed E-state index contributed by atoms with van der Waals surface area (Å²) in [7, 11) is 0. The molecule has 9 heteroatoms. The number of hydrogen-bond acceptors (Lipinski definition) is 3. The number of rotatable bonds is 10. The maximum absolute atomic E-state index is 12.6. The molecule has 0 radical (unpaired) electrons. The van der Waals surface area contributed by atoms with Crippen LogP contribution >= 0.6 is 34.8 Å². The molecule has 2 N–H and O–H groups in total. The van der Waals surface area contributed by atoms with Gasteiger partial charge in [-0.05, 0) is 74.3 Å². The number of nitrogens with one attached hydrogen (secondary N) is 2. The molecular weight excluding hydrogens is 519 g/mol. The molecule has 3 amide bonds. The molecule has 1 aliphatic rings. The second-order valence-corrected chi connectivity index (χ2v) is 10.1. The monoisotopic (exact) mass is 550 g/mol. The molecule has 0 aliphatic carbocycles. The molecule has 3 rings (SSSR count). The van der Waals surface area contributed by atoms with Crippen molar-refractivity contribution in [3.63, 3.8) is 0 Å². The van der Waals surface area contributed by atoms with Crippen molar-refractivity contribution < 1.29 is 9.59 Å². The fraction of sp³-hybridized carbons (Fsp3) is 0.407. The number of halogens is 3. The molecule has 0 atom stereocenters. The number of unbranched alkanes of at least 4 members (excludes halogenated alkanes) is 3. The summed E-state index contributed by atoms with van der Waals surface area (Å²) in [5, 5.41) is 7.42. The van der Waals surface area contributed by atoms with Crippen LogP contribution in [0.15, 0.2) is 48.5 Å². The first-order chi connectivity index (χ1) is 17.4. The number of anilines is 1. The standard InChI is InChI=1S/C27H33Cl3N4O2/c28-22-7-5-8-23(20-22)32-27(36)34-16-6-15-33(17-18-34)14-4-2-1-3-13-31-26(35)12-10-21-9-11-24(29)25(30)19-21/h5,7-12,19-20H,1-4,6,13-18H2,(H,31,35)(H,32,36)/b12-10+. The number of hydrogen-bond donors (Lipinski definition) is 2. The van der Waals surface area contributed by atoms with E-state index in [1.54, 1.807) is 30.3 Å². The molecule has 6 nitrogen and oxygen atoms in total. The predicted octanol–water partition coefficient (Wildman–Crippen LogP) is 6.58. The lowest BCUT2D eigenvalue weighted by Crippen LogP contribution is -2.38. The van der Waals surface area contributed by atoms with Gasteiger partial charge in [-0.1, -0.05) is 59.8 Å². The Bertz CT molecular complexity index is 1050. The van der Waals surface area contributed by atoms with Crippen LogP contribution in [0.2, 0.25) is 15.1 Å². The van der Waals surface area contributed by atoms with Gasteiger partial charge in [-0.15, -0.1) is 0 Å². The Labute approximate surface area is 228 Å². The Morgan fingerprint density at radius 1 is 0.889 bits per heavy atom. The number of urea groups is 1. The first kappa shape index (κ1) is 28.3. The van der Waals surface area contributed by atoms with Crippen molar-refractivity contribution in [3.8, 4) is 0 Å². The highest BCUT2D eigenvalue weighted by Gasteiger charge is 2.19. The van der Waals surface area contributed by atoms with E-state index in [4.69, 9.17) is 34.8 Å². The van der Waals surface area contributed by atoms with Gasteiger partial charge in [0.15, 0.2) is 0 Å². The van der Waals surface area contributed by atoms with Crippen molar-refractivity contribution in [2.24, 2.45) is 0 Å². The molecule has 194 valence electrons. The smallest absolute Gasteiger partial charge is 0.321 e. The van der Waals surface area contributed by atoms with E-state index in [9.17, 15) is 9.59 Å². The van der Waals surface area contributed by atoms with E-state index in [0.717, 1.165) is 63.8 Å². The molecule has 0 spiro atoms. The Morgan fingerprint density at radius 3 is 2.53 bits per heavy atom. The van der Waals surface area contributed by atoms with Crippen LogP contribution in [-0.4, -0.2) is 61.0 Å². The fourth-order valence-electron chi connectivity index (χ4n) is 4.04. The zero-order chi connectivity index (χ0) is 25.8. The third-order valence-corrected chi connectivity index (χ3v) is 7.00. The Kier molecular flexibility index (Phi) is 11.9. The minimum Gasteiger partial charge on any atom is -0.353 e. The Morgan fingerprint density at radius 2 is 1.72 bits per heavy atom. The normalized spacial score (nSPS) is 14.6. The molecule has 1 saturated heterocycles. The van der Waals surface area contributed by atoms with E-state index >= 15 is 0 Å². The fourth-order valence-corrected chi connectivity index (χ4v) is 4.54. The number of carbonyl (C=O) groups is 2. The summed E-state index contributed by atoms with van der Waals surface area (Å²) in [6.45, 7) is 5.04. The number of amides is 3. The van der Waals surface area contributed by atoms with Gasteiger partial charge in [0.2, 0.25) is 5.91 Å². The van der Waals surface area contributed by atoms with Gasteiger partial charge in [-0.3, -0.25) is 4.79 Å². The molecule has 2 aromatic rings. The van der Waals surface area contributed by atoms with Gasteiger partial charge in [-0.2, -0.15) is 0 Å². The summed E-state index contributed by atoms with van der Waals surface area (Å²) in [6.07, 6.45) is 8.44. The van der Waals surface area contributed by atoms with E-state index in [1.807, 2.05) is 23.1 Å². The van der Waals surface area contributed by atoms with E-state index in [1.165, 1.54) is 6.08 Å². The van der Waals surface area contributed by atoms with Crippen LogP contribution in [0.4, 0.5) is 10.5 Å². The zero-order valence-corrected chi connectivity index (χ0v) is 22.6. The van der Waals surface area contributed by atoms with Crippen LogP contribution in [-0.2, 0) is 4.79 Å². The van der Waals surface area contributed by atoms with Crippen LogP contribution in [0, 0.1) is 0 Å². The molecule has 0 aromatic heterocycles. The lowest BCUT2D eigenvalue weighted by atomic mass is 10.2. The topological polar surface area (TPSA) is 64.7 Å². The maximum atomic E-state index is 12.6. The van der Waals surface area contributed by atoms with Gasteiger partial charge in [0.05, 0.1) is 10.0 Å². The summed E-state index contributed by atoms with van der Waals surface area (Å²) < 4.78 is 0. The van der Waals surface area contributed by atoms with Gasteiger partial charge in [0.25, 0.3) is 0 Å². The summed E-state index contributed by atoms with van der Waals surface area (Å²) in [6, 6.07) is 12.4. The average molecular weight is 552 g/mol. The van der Waals surface area contributed by atoms with Crippen LogP contribution in [0.3, 0.4) is 0 Å².